The SMILES string of the molecule is CN(C)c1ccc(/C=C/C(=O)Nc2ccc(NC(=O)C3CC3)cc2)cc1. The Bertz CT molecular complexity index is 804. The van der Waals surface area contributed by atoms with Gasteiger partial charge in [0.15, 0.2) is 0 Å². The lowest BCUT2D eigenvalue weighted by atomic mass is 10.2. The molecular formula is C21H23N3O2. The number of hydrogen-bond acceptors (Lipinski definition) is 3. The molecule has 2 aromatic rings. The van der Waals surface area contributed by atoms with Gasteiger partial charge in [-0.25, -0.2) is 0 Å². The van der Waals surface area contributed by atoms with E-state index in [2.05, 4.69) is 10.6 Å². The zero-order chi connectivity index (χ0) is 18.5. The normalized spacial score (nSPS) is 13.5. The number of benzene rings is 2. The Balaban J connectivity index is 1.52. The highest BCUT2D eigenvalue weighted by atomic mass is 16.2. The molecule has 5 nitrogen and oxygen atoms in total. The molecule has 0 atom stereocenters. The number of nitrogens with one attached hydrogen (secondary N) is 2. The Hall–Kier alpha value is -3.08. The maximum atomic E-state index is 12.0. The summed E-state index contributed by atoms with van der Waals surface area (Å²) in [7, 11) is 3.97. The third-order valence-corrected chi connectivity index (χ3v) is 4.20. The van der Waals surface area contributed by atoms with E-state index in [0.29, 0.717) is 5.69 Å². The second-order valence-corrected chi connectivity index (χ2v) is 6.65. The number of carbonyl (C=O) groups excluding carboxylic acids is 2. The first kappa shape index (κ1) is 17.7. The van der Waals surface area contributed by atoms with Crippen LogP contribution < -0.4 is 15.5 Å². The summed E-state index contributed by atoms with van der Waals surface area (Å²) >= 11 is 0. The van der Waals surface area contributed by atoms with Crippen LogP contribution in [-0.4, -0.2) is 25.9 Å². The molecule has 2 aromatic carbocycles. The molecule has 1 saturated carbocycles. The lowest BCUT2D eigenvalue weighted by molar-refractivity contribution is -0.117. The molecule has 0 aliphatic heterocycles. The van der Waals surface area contributed by atoms with Crippen molar-refractivity contribution in [2.75, 3.05) is 29.6 Å². The molecule has 2 N–H and O–H groups in total. The topological polar surface area (TPSA) is 61.4 Å². The van der Waals surface area contributed by atoms with Gasteiger partial charge in [0.1, 0.15) is 0 Å². The van der Waals surface area contributed by atoms with E-state index in [1.807, 2.05) is 43.3 Å². The van der Waals surface area contributed by atoms with Crippen molar-refractivity contribution in [3.63, 3.8) is 0 Å². The van der Waals surface area contributed by atoms with Crippen molar-refractivity contribution in [1.29, 1.82) is 0 Å². The Kier molecular flexibility index (Phi) is 5.37. The average Bonchev–Trinajstić information content (AvgIpc) is 3.47. The van der Waals surface area contributed by atoms with Gasteiger partial charge >= 0.3 is 0 Å². The Morgan fingerprint density at radius 2 is 1.50 bits per heavy atom. The van der Waals surface area contributed by atoms with Crippen LogP contribution in [0.5, 0.6) is 0 Å². The maximum Gasteiger partial charge on any atom is 0.248 e. The second-order valence-electron chi connectivity index (χ2n) is 6.65. The summed E-state index contributed by atoms with van der Waals surface area (Å²) in [5, 5.41) is 5.69. The van der Waals surface area contributed by atoms with Crippen molar-refractivity contribution in [2.45, 2.75) is 12.8 Å². The molecule has 1 aliphatic carbocycles. The predicted molar refractivity (Wildman–Crippen MR) is 106 cm³/mol. The van der Waals surface area contributed by atoms with E-state index in [0.717, 1.165) is 29.8 Å². The van der Waals surface area contributed by atoms with Crippen LogP contribution in [0, 0.1) is 5.92 Å². The summed E-state index contributed by atoms with van der Waals surface area (Å²) in [6.07, 6.45) is 5.24. The highest BCUT2D eigenvalue weighted by Crippen LogP contribution is 2.30. The summed E-state index contributed by atoms with van der Waals surface area (Å²) in [6, 6.07) is 15.1. The predicted octanol–water partition coefficient (Wildman–Crippen LogP) is 3.75. The van der Waals surface area contributed by atoms with E-state index in [-0.39, 0.29) is 17.7 Å². The van der Waals surface area contributed by atoms with Gasteiger partial charge in [-0.05, 0) is 60.9 Å². The van der Waals surface area contributed by atoms with E-state index in [4.69, 9.17) is 0 Å². The van der Waals surface area contributed by atoms with Crippen molar-refractivity contribution in [2.24, 2.45) is 5.92 Å². The van der Waals surface area contributed by atoms with Crippen LogP contribution in [0.1, 0.15) is 18.4 Å². The van der Waals surface area contributed by atoms with Gasteiger partial charge in [0.05, 0.1) is 0 Å². The third-order valence-electron chi connectivity index (χ3n) is 4.20. The summed E-state index contributed by atoms with van der Waals surface area (Å²) in [4.78, 5) is 25.8. The van der Waals surface area contributed by atoms with Gasteiger partial charge in [0.2, 0.25) is 11.8 Å². The monoisotopic (exact) mass is 349 g/mol. The largest absolute Gasteiger partial charge is 0.378 e. The van der Waals surface area contributed by atoms with E-state index >= 15 is 0 Å². The van der Waals surface area contributed by atoms with Gasteiger partial charge in [-0.2, -0.15) is 0 Å². The first-order valence-electron chi connectivity index (χ1n) is 8.68. The molecule has 0 aromatic heterocycles. The fraction of sp³-hybridized carbons (Fsp3) is 0.238. The third kappa shape index (κ3) is 4.96. The van der Waals surface area contributed by atoms with E-state index in [9.17, 15) is 9.59 Å². The highest BCUT2D eigenvalue weighted by Gasteiger charge is 2.29. The van der Waals surface area contributed by atoms with E-state index in [1.54, 1.807) is 30.3 Å². The van der Waals surface area contributed by atoms with Gasteiger partial charge in [-0.3, -0.25) is 9.59 Å². The van der Waals surface area contributed by atoms with Crippen LogP contribution >= 0.6 is 0 Å². The molecule has 134 valence electrons. The molecule has 1 aliphatic rings. The number of amides is 2. The summed E-state index contributed by atoms with van der Waals surface area (Å²) in [5.74, 6) is 0.0489. The van der Waals surface area contributed by atoms with Crippen molar-refractivity contribution in [3.05, 3.63) is 60.2 Å². The van der Waals surface area contributed by atoms with Crippen molar-refractivity contribution in [1.82, 2.24) is 0 Å². The first-order valence-corrected chi connectivity index (χ1v) is 8.68. The zero-order valence-corrected chi connectivity index (χ0v) is 15.0. The molecule has 1 fully saturated rings. The number of hydrogen-bond donors (Lipinski definition) is 2. The van der Waals surface area contributed by atoms with E-state index < -0.39 is 0 Å². The first-order chi connectivity index (χ1) is 12.5. The molecule has 2 amide bonds. The molecule has 26 heavy (non-hydrogen) atoms. The molecular weight excluding hydrogens is 326 g/mol. The minimum absolute atomic E-state index is 0.0741. The Morgan fingerprint density at radius 3 is 2.04 bits per heavy atom. The van der Waals surface area contributed by atoms with Crippen LogP contribution in [-0.2, 0) is 9.59 Å². The van der Waals surface area contributed by atoms with Crippen LogP contribution in [0.4, 0.5) is 17.1 Å². The minimum Gasteiger partial charge on any atom is -0.378 e. The van der Waals surface area contributed by atoms with Crippen LogP contribution in [0.2, 0.25) is 0 Å². The molecule has 3 rings (SSSR count). The second kappa shape index (κ2) is 7.87. The molecule has 0 bridgehead atoms. The smallest absolute Gasteiger partial charge is 0.248 e. The molecule has 0 unspecified atom stereocenters. The van der Waals surface area contributed by atoms with Gasteiger partial charge < -0.3 is 15.5 Å². The average molecular weight is 349 g/mol. The lowest BCUT2D eigenvalue weighted by Crippen LogP contribution is -2.13. The van der Waals surface area contributed by atoms with Gasteiger partial charge in [0.25, 0.3) is 0 Å². The zero-order valence-electron chi connectivity index (χ0n) is 15.0. The molecule has 0 heterocycles. The molecule has 0 spiro atoms. The van der Waals surface area contributed by atoms with Crippen LogP contribution in [0.15, 0.2) is 54.6 Å². The fourth-order valence-corrected chi connectivity index (χ4v) is 2.47. The molecule has 0 saturated heterocycles. The van der Waals surface area contributed by atoms with Crippen molar-refractivity contribution < 1.29 is 9.59 Å². The Labute approximate surface area is 153 Å². The molecule has 0 radical (unpaired) electrons. The van der Waals surface area contributed by atoms with Gasteiger partial charge in [0, 0.05) is 43.2 Å². The van der Waals surface area contributed by atoms with Gasteiger partial charge in [-0.15, -0.1) is 0 Å². The summed E-state index contributed by atoms with van der Waals surface area (Å²) in [6.45, 7) is 0. The maximum absolute atomic E-state index is 12.0. The Morgan fingerprint density at radius 1 is 0.923 bits per heavy atom. The number of nitrogens with zero attached hydrogens (tertiary/aromatic N) is 1. The standard InChI is InChI=1S/C21H23N3O2/c1-24(2)19-12-3-15(4-13-19)5-14-20(25)22-17-8-10-18(11-9-17)23-21(26)16-6-7-16/h3-5,8-14,16H,6-7H2,1-2H3,(H,22,25)(H,23,26)/b14-5+. The van der Waals surface area contributed by atoms with Crippen LogP contribution in [0.25, 0.3) is 6.08 Å². The number of carbonyl (C=O) groups is 2. The van der Waals surface area contributed by atoms with Crippen molar-refractivity contribution >= 4 is 35.0 Å². The highest BCUT2D eigenvalue weighted by molar-refractivity contribution is 6.02. The number of rotatable bonds is 6. The fourth-order valence-electron chi connectivity index (χ4n) is 2.47. The minimum atomic E-state index is -0.198. The van der Waals surface area contributed by atoms with Gasteiger partial charge in [-0.1, -0.05) is 12.1 Å². The quantitative estimate of drug-likeness (QED) is 0.781. The van der Waals surface area contributed by atoms with Crippen LogP contribution in [0.3, 0.4) is 0 Å². The lowest BCUT2D eigenvalue weighted by Gasteiger charge is -2.11. The molecule has 5 heteroatoms. The van der Waals surface area contributed by atoms with Crippen molar-refractivity contribution in [3.8, 4) is 0 Å². The summed E-state index contributed by atoms with van der Waals surface area (Å²) < 4.78 is 0. The van der Waals surface area contributed by atoms with E-state index in [1.165, 1.54) is 6.08 Å². The number of anilines is 3. The summed E-state index contributed by atoms with van der Waals surface area (Å²) in [5.41, 5.74) is 3.51.